The highest BCUT2D eigenvalue weighted by molar-refractivity contribution is 7.99. The molecule has 1 heterocycles. The molecule has 2 aromatic carbocycles. The van der Waals surface area contributed by atoms with E-state index in [4.69, 9.17) is 0 Å². The Kier molecular flexibility index (Phi) is 6.71. The molecule has 0 aliphatic heterocycles. The molecule has 0 radical (unpaired) electrons. The summed E-state index contributed by atoms with van der Waals surface area (Å²) in [6, 6.07) is 13.0. The van der Waals surface area contributed by atoms with Gasteiger partial charge in [0.15, 0.2) is 5.16 Å². The number of aryl methyl sites for hydroxylation is 1. The second kappa shape index (κ2) is 9.25. The Bertz CT molecular complexity index is 1040. The number of hydrogen-bond donors (Lipinski definition) is 1. The first-order valence-corrected chi connectivity index (χ1v) is 9.97. The van der Waals surface area contributed by atoms with Crippen molar-refractivity contribution >= 4 is 23.4 Å². The van der Waals surface area contributed by atoms with Crippen LogP contribution in [0.4, 0.5) is 23.2 Å². The Labute approximate surface area is 174 Å². The predicted octanol–water partition coefficient (Wildman–Crippen LogP) is 5.59. The van der Waals surface area contributed by atoms with Gasteiger partial charge in [-0.05, 0) is 48.4 Å². The molecule has 0 bridgehead atoms. The Balaban J connectivity index is 1.80. The van der Waals surface area contributed by atoms with Gasteiger partial charge in [-0.1, -0.05) is 36.9 Å². The maximum absolute atomic E-state index is 13.3. The number of thioether (sulfide) groups is 1. The summed E-state index contributed by atoms with van der Waals surface area (Å²) in [6.07, 6.45) is -3.96. The second-order valence-corrected chi connectivity index (χ2v) is 7.22. The Morgan fingerprint density at radius 3 is 2.43 bits per heavy atom. The Morgan fingerprint density at radius 2 is 1.77 bits per heavy atom. The molecule has 4 nitrogen and oxygen atoms in total. The average Bonchev–Trinajstić information content (AvgIpc) is 2.72. The molecule has 0 spiro atoms. The van der Waals surface area contributed by atoms with Gasteiger partial charge >= 0.3 is 6.18 Å². The zero-order valence-electron chi connectivity index (χ0n) is 15.8. The van der Waals surface area contributed by atoms with Crippen LogP contribution >= 0.6 is 11.8 Å². The lowest BCUT2D eigenvalue weighted by Crippen LogP contribution is -2.16. The van der Waals surface area contributed by atoms with Crippen molar-refractivity contribution in [2.45, 2.75) is 24.7 Å². The van der Waals surface area contributed by atoms with Gasteiger partial charge < -0.3 is 5.32 Å². The van der Waals surface area contributed by atoms with Crippen LogP contribution in [0.15, 0.2) is 59.8 Å². The van der Waals surface area contributed by atoms with E-state index in [9.17, 15) is 22.4 Å². The molecule has 0 saturated carbocycles. The third-order valence-corrected chi connectivity index (χ3v) is 4.99. The Morgan fingerprint density at radius 1 is 1.07 bits per heavy atom. The van der Waals surface area contributed by atoms with Gasteiger partial charge in [0.1, 0.15) is 11.5 Å². The second-order valence-electron chi connectivity index (χ2n) is 6.27. The highest BCUT2D eigenvalue weighted by atomic mass is 32.2. The van der Waals surface area contributed by atoms with Crippen LogP contribution in [0.1, 0.15) is 18.2 Å². The van der Waals surface area contributed by atoms with E-state index in [0.717, 1.165) is 41.9 Å². The number of carbonyl (C=O) groups excluding carboxylic acids is 1. The number of rotatable bonds is 6. The number of nitrogens with zero attached hydrogens (tertiary/aromatic N) is 2. The predicted molar refractivity (Wildman–Crippen MR) is 108 cm³/mol. The molecule has 0 aliphatic rings. The zero-order chi connectivity index (χ0) is 21.7. The number of anilines is 1. The first-order valence-electron chi connectivity index (χ1n) is 8.99. The molecule has 3 aromatic rings. The van der Waals surface area contributed by atoms with Crippen molar-refractivity contribution in [3.05, 3.63) is 71.7 Å². The van der Waals surface area contributed by atoms with Gasteiger partial charge in [-0.25, -0.2) is 14.4 Å². The summed E-state index contributed by atoms with van der Waals surface area (Å²) in [5.41, 5.74) is 0.785. The van der Waals surface area contributed by atoms with Crippen molar-refractivity contribution in [3.8, 4) is 11.3 Å². The summed E-state index contributed by atoms with van der Waals surface area (Å²) in [4.78, 5) is 19.9. The van der Waals surface area contributed by atoms with Crippen molar-refractivity contribution in [1.29, 1.82) is 0 Å². The van der Waals surface area contributed by atoms with Crippen LogP contribution in [0.5, 0.6) is 0 Å². The van der Waals surface area contributed by atoms with Crippen LogP contribution in [-0.2, 0) is 17.4 Å². The minimum atomic E-state index is -4.69. The van der Waals surface area contributed by atoms with Crippen LogP contribution < -0.4 is 5.32 Å². The van der Waals surface area contributed by atoms with Crippen molar-refractivity contribution in [2.24, 2.45) is 0 Å². The zero-order valence-corrected chi connectivity index (χ0v) is 16.6. The number of amides is 1. The van der Waals surface area contributed by atoms with E-state index in [0.29, 0.717) is 11.3 Å². The van der Waals surface area contributed by atoms with E-state index in [1.165, 1.54) is 12.1 Å². The molecule has 0 saturated heterocycles. The van der Waals surface area contributed by atoms with Crippen molar-refractivity contribution < 1.29 is 22.4 Å². The maximum Gasteiger partial charge on any atom is 0.433 e. The molecule has 0 aliphatic carbocycles. The summed E-state index contributed by atoms with van der Waals surface area (Å²) in [6.45, 7) is 1.95. The smallest absolute Gasteiger partial charge is 0.325 e. The molecule has 3 rings (SSSR count). The highest BCUT2D eigenvalue weighted by Crippen LogP contribution is 2.32. The molecular formula is C21H17F4N3OS. The number of benzene rings is 2. The fourth-order valence-corrected chi connectivity index (χ4v) is 3.33. The van der Waals surface area contributed by atoms with E-state index < -0.39 is 17.7 Å². The number of halogens is 4. The van der Waals surface area contributed by atoms with Crippen molar-refractivity contribution in [2.75, 3.05) is 11.1 Å². The Hall–Kier alpha value is -2.94. The van der Waals surface area contributed by atoms with E-state index in [1.54, 1.807) is 12.1 Å². The molecule has 1 aromatic heterocycles. The van der Waals surface area contributed by atoms with Gasteiger partial charge in [0.2, 0.25) is 5.91 Å². The van der Waals surface area contributed by atoms with Gasteiger partial charge in [-0.2, -0.15) is 13.2 Å². The van der Waals surface area contributed by atoms with Crippen LogP contribution in [-0.4, -0.2) is 21.6 Å². The fraction of sp³-hybridized carbons (Fsp3) is 0.190. The van der Waals surface area contributed by atoms with Crippen molar-refractivity contribution in [1.82, 2.24) is 9.97 Å². The minimum absolute atomic E-state index is 0.00318. The maximum atomic E-state index is 13.3. The van der Waals surface area contributed by atoms with Gasteiger partial charge in [-0.3, -0.25) is 4.79 Å². The van der Waals surface area contributed by atoms with E-state index >= 15 is 0 Å². The number of alkyl halides is 3. The molecule has 1 N–H and O–H groups in total. The van der Waals surface area contributed by atoms with Crippen LogP contribution in [0.2, 0.25) is 0 Å². The number of aromatic nitrogens is 2. The van der Waals surface area contributed by atoms with E-state index in [2.05, 4.69) is 15.3 Å². The lowest BCUT2D eigenvalue weighted by molar-refractivity contribution is -0.141. The molecule has 1 amide bonds. The highest BCUT2D eigenvalue weighted by Gasteiger charge is 2.34. The molecule has 156 valence electrons. The lowest BCUT2D eigenvalue weighted by atomic mass is 10.1. The monoisotopic (exact) mass is 435 g/mol. The number of hydrogen-bond acceptors (Lipinski definition) is 4. The summed E-state index contributed by atoms with van der Waals surface area (Å²) >= 11 is 0.795. The number of para-hydroxylation sites is 1. The summed E-state index contributed by atoms with van der Waals surface area (Å²) in [5.74, 6) is -1.06. The van der Waals surface area contributed by atoms with Crippen LogP contribution in [0.3, 0.4) is 0 Å². The van der Waals surface area contributed by atoms with E-state index in [-0.39, 0.29) is 22.5 Å². The van der Waals surface area contributed by atoms with Gasteiger partial charge in [0.05, 0.1) is 11.4 Å². The largest absolute Gasteiger partial charge is 0.433 e. The molecule has 30 heavy (non-hydrogen) atoms. The normalized spacial score (nSPS) is 11.4. The van der Waals surface area contributed by atoms with Crippen LogP contribution in [0, 0.1) is 5.82 Å². The molecule has 0 fully saturated rings. The van der Waals surface area contributed by atoms with Gasteiger partial charge in [-0.15, -0.1) is 0 Å². The lowest BCUT2D eigenvalue weighted by Gasteiger charge is -2.11. The van der Waals surface area contributed by atoms with Gasteiger partial charge in [0.25, 0.3) is 0 Å². The quantitative estimate of drug-likeness (QED) is 0.311. The van der Waals surface area contributed by atoms with Gasteiger partial charge in [0, 0.05) is 11.3 Å². The minimum Gasteiger partial charge on any atom is -0.325 e. The first kappa shape index (κ1) is 21.8. The number of nitrogens with one attached hydrogen (secondary N) is 1. The molecule has 9 heteroatoms. The molecular weight excluding hydrogens is 418 g/mol. The van der Waals surface area contributed by atoms with Crippen molar-refractivity contribution in [3.63, 3.8) is 0 Å². The summed E-state index contributed by atoms with van der Waals surface area (Å²) in [7, 11) is 0. The van der Waals surface area contributed by atoms with E-state index in [1.807, 2.05) is 19.1 Å². The third-order valence-electron chi connectivity index (χ3n) is 4.14. The third kappa shape index (κ3) is 5.56. The molecule has 0 atom stereocenters. The standard InChI is InChI=1S/C21H17F4N3OS/c1-2-13-5-3-4-6-16(13)26-19(29)12-30-20-27-17(11-18(28-20)21(23,24)25)14-7-9-15(22)10-8-14/h3-11H,2,12H2,1H3,(H,26,29). The molecule has 0 unspecified atom stereocenters. The van der Waals surface area contributed by atoms with Crippen LogP contribution in [0.25, 0.3) is 11.3 Å². The number of carbonyl (C=O) groups is 1. The topological polar surface area (TPSA) is 54.9 Å². The summed E-state index contributed by atoms with van der Waals surface area (Å²) < 4.78 is 52.9. The first-order chi connectivity index (χ1) is 14.3. The average molecular weight is 435 g/mol. The summed E-state index contributed by atoms with van der Waals surface area (Å²) in [5, 5.41) is 2.56. The fourth-order valence-electron chi connectivity index (χ4n) is 2.67. The SMILES string of the molecule is CCc1ccccc1NC(=O)CSc1nc(-c2ccc(F)cc2)cc(C(F)(F)F)n1.